The van der Waals surface area contributed by atoms with Crippen LogP contribution in [0.15, 0.2) is 59.8 Å². The van der Waals surface area contributed by atoms with Gasteiger partial charge in [-0.2, -0.15) is 0 Å². The summed E-state index contributed by atoms with van der Waals surface area (Å²) in [7, 11) is -2.17. The van der Waals surface area contributed by atoms with Crippen molar-refractivity contribution in [2.24, 2.45) is 0 Å². The van der Waals surface area contributed by atoms with Crippen molar-refractivity contribution in [2.45, 2.75) is 11.9 Å². The summed E-state index contributed by atoms with van der Waals surface area (Å²) in [6.45, 7) is 1.38. The number of carbonyl (C=O) groups excluding carboxylic acids is 1. The maximum atomic E-state index is 12.0. The van der Waals surface area contributed by atoms with E-state index in [1.54, 1.807) is 23.6 Å². The number of aromatic nitrogens is 2. The van der Waals surface area contributed by atoms with Crippen molar-refractivity contribution in [1.29, 1.82) is 0 Å². The SMILES string of the molecule is COc1cc(Oc2cc(NC(C)=O)ncc2-c2cc3ccccc3s2)nc(S(C)(=O)=O)c1. The Kier molecular flexibility index (Phi) is 5.81. The van der Waals surface area contributed by atoms with E-state index in [9.17, 15) is 13.2 Å². The van der Waals surface area contributed by atoms with E-state index < -0.39 is 9.84 Å². The van der Waals surface area contributed by atoms with Crippen LogP contribution in [0.25, 0.3) is 20.5 Å². The summed E-state index contributed by atoms with van der Waals surface area (Å²) in [5, 5.41) is 3.52. The molecular formula is C22H19N3O5S2. The van der Waals surface area contributed by atoms with Crippen molar-refractivity contribution in [2.75, 3.05) is 18.7 Å². The highest BCUT2D eigenvalue weighted by molar-refractivity contribution is 7.90. The molecule has 0 spiro atoms. The predicted octanol–water partition coefficient (Wildman–Crippen LogP) is 4.52. The zero-order valence-electron chi connectivity index (χ0n) is 17.4. The lowest BCUT2D eigenvalue weighted by atomic mass is 10.2. The van der Waals surface area contributed by atoms with E-state index in [0.717, 1.165) is 21.2 Å². The number of hydrogen-bond donors (Lipinski definition) is 1. The second-order valence-electron chi connectivity index (χ2n) is 6.95. The number of thiophene rings is 1. The average molecular weight is 470 g/mol. The molecule has 0 fully saturated rings. The Hall–Kier alpha value is -3.50. The highest BCUT2D eigenvalue weighted by Gasteiger charge is 2.17. The highest BCUT2D eigenvalue weighted by atomic mass is 32.2. The molecule has 32 heavy (non-hydrogen) atoms. The maximum absolute atomic E-state index is 12.0. The first-order chi connectivity index (χ1) is 15.2. The van der Waals surface area contributed by atoms with Crippen molar-refractivity contribution < 1.29 is 22.7 Å². The van der Waals surface area contributed by atoms with E-state index in [2.05, 4.69) is 15.3 Å². The lowest BCUT2D eigenvalue weighted by molar-refractivity contribution is -0.114. The number of fused-ring (bicyclic) bond motifs is 1. The Balaban J connectivity index is 1.83. The van der Waals surface area contributed by atoms with Gasteiger partial charge in [0.2, 0.25) is 11.8 Å². The number of carbonyl (C=O) groups is 1. The Morgan fingerprint density at radius 2 is 1.91 bits per heavy atom. The number of nitrogens with one attached hydrogen (secondary N) is 1. The molecule has 1 N–H and O–H groups in total. The maximum Gasteiger partial charge on any atom is 0.224 e. The molecular weight excluding hydrogens is 450 g/mol. The first-order valence-electron chi connectivity index (χ1n) is 9.43. The molecule has 4 rings (SSSR count). The average Bonchev–Trinajstić information content (AvgIpc) is 3.16. The summed E-state index contributed by atoms with van der Waals surface area (Å²) < 4.78 is 36.4. The van der Waals surface area contributed by atoms with Crippen LogP contribution in [0.5, 0.6) is 17.4 Å². The van der Waals surface area contributed by atoms with Crippen LogP contribution in [0.3, 0.4) is 0 Å². The summed E-state index contributed by atoms with van der Waals surface area (Å²) in [4.78, 5) is 20.8. The number of methoxy groups -OCH3 is 1. The number of benzene rings is 1. The number of pyridine rings is 2. The summed E-state index contributed by atoms with van der Waals surface area (Å²) in [6, 6.07) is 14.4. The van der Waals surface area contributed by atoms with E-state index in [1.165, 1.54) is 26.2 Å². The van der Waals surface area contributed by atoms with E-state index in [-0.39, 0.29) is 22.6 Å². The smallest absolute Gasteiger partial charge is 0.224 e. The molecule has 3 aromatic heterocycles. The Bertz CT molecular complexity index is 1400. The van der Waals surface area contributed by atoms with E-state index in [0.29, 0.717) is 17.1 Å². The monoisotopic (exact) mass is 469 g/mol. The Morgan fingerprint density at radius 1 is 1.12 bits per heavy atom. The largest absolute Gasteiger partial charge is 0.496 e. The van der Waals surface area contributed by atoms with Crippen LogP contribution in [0.2, 0.25) is 0 Å². The number of amides is 1. The lowest BCUT2D eigenvalue weighted by Crippen LogP contribution is -2.08. The van der Waals surface area contributed by atoms with Crippen LogP contribution in [0.1, 0.15) is 6.92 Å². The molecule has 0 aliphatic heterocycles. The normalized spacial score (nSPS) is 11.3. The molecule has 164 valence electrons. The van der Waals surface area contributed by atoms with Gasteiger partial charge in [-0.25, -0.2) is 18.4 Å². The third-order valence-corrected chi connectivity index (χ3v) is 6.56. The fourth-order valence-corrected chi connectivity index (χ4v) is 4.66. The van der Waals surface area contributed by atoms with Gasteiger partial charge in [-0.15, -0.1) is 11.3 Å². The van der Waals surface area contributed by atoms with Gasteiger partial charge in [-0.05, 0) is 17.5 Å². The fourth-order valence-electron chi connectivity index (χ4n) is 3.00. The molecule has 8 nitrogen and oxygen atoms in total. The van der Waals surface area contributed by atoms with Crippen molar-refractivity contribution >= 4 is 43.0 Å². The second-order valence-corrected chi connectivity index (χ2v) is 10.00. The second kappa shape index (κ2) is 8.56. The molecule has 0 saturated heterocycles. The van der Waals surface area contributed by atoms with Crippen LogP contribution < -0.4 is 14.8 Å². The van der Waals surface area contributed by atoms with E-state index in [4.69, 9.17) is 9.47 Å². The van der Waals surface area contributed by atoms with Gasteiger partial charge in [-0.1, -0.05) is 18.2 Å². The van der Waals surface area contributed by atoms with Gasteiger partial charge >= 0.3 is 0 Å². The van der Waals surface area contributed by atoms with Gasteiger partial charge in [-0.3, -0.25) is 4.79 Å². The summed E-state index contributed by atoms with van der Waals surface area (Å²) in [5.74, 6) is 0.693. The third-order valence-electron chi connectivity index (χ3n) is 4.44. The molecule has 10 heteroatoms. The first kappa shape index (κ1) is 21.7. The zero-order chi connectivity index (χ0) is 22.9. The number of hydrogen-bond acceptors (Lipinski definition) is 8. The lowest BCUT2D eigenvalue weighted by Gasteiger charge is -2.13. The number of ether oxygens (including phenoxy) is 2. The number of anilines is 1. The number of nitrogens with zero attached hydrogens (tertiary/aromatic N) is 2. The van der Waals surface area contributed by atoms with Gasteiger partial charge in [0.15, 0.2) is 14.9 Å². The quantitative estimate of drug-likeness (QED) is 0.442. The van der Waals surface area contributed by atoms with Crippen molar-refractivity contribution in [1.82, 2.24) is 9.97 Å². The van der Waals surface area contributed by atoms with Gasteiger partial charge in [0.25, 0.3) is 0 Å². The minimum absolute atomic E-state index is 0.0344. The number of rotatable bonds is 6. The molecule has 0 saturated carbocycles. The molecule has 4 aromatic rings. The van der Waals surface area contributed by atoms with Gasteiger partial charge in [0.05, 0.1) is 12.7 Å². The molecule has 0 unspecified atom stereocenters. The molecule has 3 heterocycles. The molecule has 0 atom stereocenters. The zero-order valence-corrected chi connectivity index (χ0v) is 19.1. The predicted molar refractivity (Wildman–Crippen MR) is 123 cm³/mol. The molecule has 0 aliphatic carbocycles. The van der Waals surface area contributed by atoms with Crippen molar-refractivity contribution in [3.8, 4) is 27.8 Å². The summed E-state index contributed by atoms with van der Waals surface area (Å²) in [5.41, 5.74) is 0.672. The topological polar surface area (TPSA) is 107 Å². The summed E-state index contributed by atoms with van der Waals surface area (Å²) >= 11 is 1.56. The van der Waals surface area contributed by atoms with Crippen LogP contribution in [-0.4, -0.2) is 37.7 Å². The fraction of sp³-hybridized carbons (Fsp3) is 0.136. The third kappa shape index (κ3) is 4.71. The highest BCUT2D eigenvalue weighted by Crippen LogP contribution is 2.40. The Morgan fingerprint density at radius 3 is 2.59 bits per heavy atom. The van der Waals surface area contributed by atoms with E-state index >= 15 is 0 Å². The molecule has 0 radical (unpaired) electrons. The minimum atomic E-state index is -3.59. The van der Waals surface area contributed by atoms with Crippen LogP contribution in [0.4, 0.5) is 5.82 Å². The van der Waals surface area contributed by atoms with Crippen LogP contribution in [-0.2, 0) is 14.6 Å². The Labute approximate surface area is 188 Å². The molecule has 0 bridgehead atoms. The first-order valence-corrected chi connectivity index (χ1v) is 12.1. The number of sulfone groups is 1. The van der Waals surface area contributed by atoms with Gasteiger partial charge in [0.1, 0.15) is 17.3 Å². The van der Waals surface area contributed by atoms with Crippen LogP contribution in [0, 0.1) is 0 Å². The minimum Gasteiger partial charge on any atom is -0.496 e. The summed E-state index contributed by atoms with van der Waals surface area (Å²) in [6.07, 6.45) is 2.66. The van der Waals surface area contributed by atoms with Crippen LogP contribution >= 0.6 is 11.3 Å². The molecule has 0 aliphatic rings. The molecule has 1 amide bonds. The standard InChI is InChI=1S/C22H19N3O5S2/c1-13(26)24-20-11-17(30-21-9-15(29-2)10-22(25-21)32(3,27)28)16(12-23-20)19-8-14-6-4-5-7-18(14)31-19/h4-12H,1-3H3,(H,23,24,26). The van der Waals surface area contributed by atoms with E-state index in [1.807, 2.05) is 30.3 Å². The van der Waals surface area contributed by atoms with Gasteiger partial charge < -0.3 is 14.8 Å². The van der Waals surface area contributed by atoms with Crippen molar-refractivity contribution in [3.05, 3.63) is 54.7 Å². The van der Waals surface area contributed by atoms with Gasteiger partial charge in [0, 0.05) is 47.2 Å². The molecule has 1 aromatic carbocycles. The van der Waals surface area contributed by atoms with Crippen molar-refractivity contribution in [3.63, 3.8) is 0 Å².